The van der Waals surface area contributed by atoms with E-state index in [1.165, 1.54) is 17.3 Å². The number of amides is 1. The van der Waals surface area contributed by atoms with Gasteiger partial charge in [0.25, 0.3) is 0 Å². The van der Waals surface area contributed by atoms with Crippen LogP contribution in [0, 0.1) is 11.8 Å². The number of fused-ring (bicyclic) bond motifs is 3. The van der Waals surface area contributed by atoms with Gasteiger partial charge in [0.1, 0.15) is 6.61 Å². The van der Waals surface area contributed by atoms with Crippen molar-refractivity contribution in [2.75, 3.05) is 13.2 Å². The summed E-state index contributed by atoms with van der Waals surface area (Å²) in [7, 11) is 0. The minimum Gasteiger partial charge on any atom is -0.449 e. The minimum absolute atomic E-state index is 0.00282. The molecule has 0 saturated carbocycles. The zero-order valence-corrected chi connectivity index (χ0v) is 15.4. The van der Waals surface area contributed by atoms with Crippen molar-refractivity contribution < 1.29 is 18.3 Å². The van der Waals surface area contributed by atoms with E-state index in [9.17, 15) is 13.6 Å². The summed E-state index contributed by atoms with van der Waals surface area (Å²) >= 11 is 0. The van der Waals surface area contributed by atoms with E-state index >= 15 is 0 Å². The molecule has 29 heavy (non-hydrogen) atoms. The number of nitrogens with one attached hydrogen (secondary N) is 1. The number of pyridine rings is 1. The van der Waals surface area contributed by atoms with Gasteiger partial charge in [-0.3, -0.25) is 0 Å². The summed E-state index contributed by atoms with van der Waals surface area (Å²) < 4.78 is 31.3. The lowest BCUT2D eigenvalue weighted by Crippen LogP contribution is -2.26. The zero-order valence-electron chi connectivity index (χ0n) is 15.4. The van der Waals surface area contributed by atoms with Crippen molar-refractivity contribution >= 4 is 12.2 Å². The summed E-state index contributed by atoms with van der Waals surface area (Å²) in [5.74, 6) is -2.16. The normalized spacial score (nSPS) is 12.6. The van der Waals surface area contributed by atoms with E-state index in [4.69, 9.17) is 4.74 Å². The molecular weight excluding hydrogens is 374 g/mol. The third kappa shape index (κ3) is 4.01. The molecule has 146 valence electrons. The number of aromatic nitrogens is 1. The van der Waals surface area contributed by atoms with Crippen molar-refractivity contribution in [3.63, 3.8) is 0 Å². The molecule has 4 rings (SSSR count). The largest absolute Gasteiger partial charge is 0.449 e. The maximum atomic E-state index is 13.1. The third-order valence-electron chi connectivity index (χ3n) is 4.84. The number of ether oxygens (including phenoxy) is 1. The lowest BCUT2D eigenvalue weighted by Gasteiger charge is -2.14. The van der Waals surface area contributed by atoms with E-state index in [-0.39, 0.29) is 19.1 Å². The van der Waals surface area contributed by atoms with Gasteiger partial charge >= 0.3 is 6.09 Å². The SMILES string of the molecule is O=C(NCC=Cc1cnc(F)c(F)c1)OCC1c2ccccc2-c2ccccc21. The van der Waals surface area contributed by atoms with Crippen LogP contribution in [0.5, 0.6) is 0 Å². The first kappa shape index (κ1) is 18.8. The van der Waals surface area contributed by atoms with Crippen molar-refractivity contribution in [2.24, 2.45) is 0 Å². The van der Waals surface area contributed by atoms with Gasteiger partial charge in [0.15, 0.2) is 5.82 Å². The van der Waals surface area contributed by atoms with Crippen LogP contribution in [0.4, 0.5) is 13.6 Å². The molecule has 0 atom stereocenters. The molecule has 0 bridgehead atoms. The highest BCUT2D eigenvalue weighted by molar-refractivity contribution is 5.79. The fourth-order valence-electron chi connectivity index (χ4n) is 3.51. The van der Waals surface area contributed by atoms with Gasteiger partial charge in [-0.25, -0.2) is 14.2 Å². The molecule has 6 heteroatoms. The van der Waals surface area contributed by atoms with Crippen molar-refractivity contribution in [3.05, 3.63) is 95.3 Å². The molecule has 3 aromatic rings. The highest BCUT2D eigenvalue weighted by Crippen LogP contribution is 2.44. The Labute approximate surface area is 166 Å². The summed E-state index contributed by atoms with van der Waals surface area (Å²) in [5, 5.41) is 2.61. The zero-order chi connectivity index (χ0) is 20.2. The number of hydrogen-bond donors (Lipinski definition) is 1. The first-order chi connectivity index (χ1) is 14.1. The van der Waals surface area contributed by atoms with E-state index in [0.29, 0.717) is 5.56 Å². The summed E-state index contributed by atoms with van der Waals surface area (Å²) in [6.07, 6.45) is 3.82. The Morgan fingerprint density at radius 3 is 2.38 bits per heavy atom. The number of carbonyl (C=O) groups excluding carboxylic acids is 1. The Morgan fingerprint density at radius 1 is 1.07 bits per heavy atom. The number of hydrogen-bond acceptors (Lipinski definition) is 3. The Bertz CT molecular complexity index is 1040. The highest BCUT2D eigenvalue weighted by Gasteiger charge is 2.28. The molecule has 2 aromatic carbocycles. The van der Waals surface area contributed by atoms with Crippen LogP contribution in [0.3, 0.4) is 0 Å². The first-order valence-electron chi connectivity index (χ1n) is 9.20. The van der Waals surface area contributed by atoms with Crippen LogP contribution in [-0.2, 0) is 4.74 Å². The van der Waals surface area contributed by atoms with E-state index in [1.54, 1.807) is 12.2 Å². The second kappa shape index (κ2) is 8.22. The average Bonchev–Trinajstić information content (AvgIpc) is 3.06. The van der Waals surface area contributed by atoms with Gasteiger partial charge in [-0.15, -0.1) is 0 Å². The van der Waals surface area contributed by atoms with Gasteiger partial charge in [0.2, 0.25) is 5.95 Å². The van der Waals surface area contributed by atoms with Crippen LogP contribution in [0.1, 0.15) is 22.6 Å². The van der Waals surface area contributed by atoms with E-state index < -0.39 is 17.9 Å². The second-order valence-electron chi connectivity index (χ2n) is 6.65. The Kier molecular flexibility index (Phi) is 5.33. The van der Waals surface area contributed by atoms with Gasteiger partial charge in [0.05, 0.1) is 0 Å². The van der Waals surface area contributed by atoms with Crippen LogP contribution < -0.4 is 5.32 Å². The maximum absolute atomic E-state index is 13.1. The van der Waals surface area contributed by atoms with Gasteiger partial charge in [-0.1, -0.05) is 60.7 Å². The molecule has 1 aliphatic carbocycles. The van der Waals surface area contributed by atoms with Crippen molar-refractivity contribution in [1.29, 1.82) is 0 Å². The Hall–Kier alpha value is -3.54. The molecule has 1 aromatic heterocycles. The smallest absolute Gasteiger partial charge is 0.407 e. The summed E-state index contributed by atoms with van der Waals surface area (Å²) in [6, 6.07) is 17.3. The fourth-order valence-corrected chi connectivity index (χ4v) is 3.51. The summed E-state index contributed by atoms with van der Waals surface area (Å²) in [5.41, 5.74) is 5.03. The number of rotatable bonds is 5. The molecule has 1 heterocycles. The predicted octanol–water partition coefficient (Wildman–Crippen LogP) is 4.91. The number of benzene rings is 2. The molecule has 0 fully saturated rings. The number of carbonyl (C=O) groups is 1. The summed E-state index contributed by atoms with van der Waals surface area (Å²) in [4.78, 5) is 15.3. The second-order valence-corrected chi connectivity index (χ2v) is 6.65. The molecule has 4 nitrogen and oxygen atoms in total. The van der Waals surface area contributed by atoms with E-state index in [1.807, 2.05) is 24.3 Å². The van der Waals surface area contributed by atoms with Crippen molar-refractivity contribution in [3.8, 4) is 11.1 Å². The number of halogens is 2. The monoisotopic (exact) mass is 392 g/mol. The third-order valence-corrected chi connectivity index (χ3v) is 4.84. The fraction of sp³-hybridized carbons (Fsp3) is 0.130. The molecule has 0 saturated heterocycles. The molecule has 0 spiro atoms. The first-order valence-corrected chi connectivity index (χ1v) is 9.20. The maximum Gasteiger partial charge on any atom is 0.407 e. The van der Waals surface area contributed by atoms with Crippen LogP contribution in [0.25, 0.3) is 17.2 Å². The quantitative estimate of drug-likeness (QED) is 0.628. The standard InChI is InChI=1S/C23H18F2N2O2/c24-21-12-15(13-27-22(21)25)6-5-11-26-23(28)29-14-20-18-9-3-1-7-16(18)17-8-2-4-10-19(17)20/h1-10,12-13,20H,11,14H2,(H,26,28). The highest BCUT2D eigenvalue weighted by atomic mass is 19.2. The molecule has 1 amide bonds. The lowest BCUT2D eigenvalue weighted by molar-refractivity contribution is 0.144. The van der Waals surface area contributed by atoms with Crippen LogP contribution in [0.2, 0.25) is 0 Å². The average molecular weight is 392 g/mol. The van der Waals surface area contributed by atoms with E-state index in [0.717, 1.165) is 17.2 Å². The molecule has 0 aliphatic heterocycles. The summed E-state index contributed by atoms with van der Waals surface area (Å²) in [6.45, 7) is 0.423. The Morgan fingerprint density at radius 2 is 1.72 bits per heavy atom. The molecule has 1 aliphatic rings. The number of alkyl carbamates (subject to hydrolysis) is 1. The van der Waals surface area contributed by atoms with Crippen molar-refractivity contribution in [1.82, 2.24) is 10.3 Å². The van der Waals surface area contributed by atoms with Crippen LogP contribution >= 0.6 is 0 Å². The van der Waals surface area contributed by atoms with Gasteiger partial charge < -0.3 is 10.1 Å². The molecular formula is C23H18F2N2O2. The predicted molar refractivity (Wildman–Crippen MR) is 106 cm³/mol. The van der Waals surface area contributed by atoms with Gasteiger partial charge in [0, 0.05) is 18.7 Å². The Balaban J connectivity index is 1.33. The molecule has 0 radical (unpaired) electrons. The molecule has 1 N–H and O–H groups in total. The lowest BCUT2D eigenvalue weighted by atomic mass is 9.98. The topological polar surface area (TPSA) is 51.2 Å². The minimum atomic E-state index is -1.14. The van der Waals surface area contributed by atoms with Crippen LogP contribution in [0.15, 0.2) is 66.9 Å². The van der Waals surface area contributed by atoms with Gasteiger partial charge in [-0.2, -0.15) is 4.39 Å². The van der Waals surface area contributed by atoms with Crippen LogP contribution in [-0.4, -0.2) is 24.2 Å². The van der Waals surface area contributed by atoms with Gasteiger partial charge in [-0.05, 0) is 33.9 Å². The number of nitrogens with zero attached hydrogens (tertiary/aromatic N) is 1. The van der Waals surface area contributed by atoms with E-state index in [2.05, 4.69) is 34.6 Å². The van der Waals surface area contributed by atoms with Crippen molar-refractivity contribution in [2.45, 2.75) is 5.92 Å². The molecule has 0 unspecified atom stereocenters.